The second-order valence-corrected chi connectivity index (χ2v) is 8.64. The highest BCUT2D eigenvalue weighted by Gasteiger charge is 2.18. The standard InChI is InChI=1S/C24H26N2O4S/c1-2-30-21-15-13-20(14-16-21)24(19-9-5-3-6-10-19)26-23(27)17-18-25-31(28,29)22-11-7-4-8-12-22/h3-16,24-25H,2,17-18H2,1H3,(H,26,27). The molecule has 2 N–H and O–H groups in total. The SMILES string of the molecule is CCOc1ccc(C(NC(=O)CCNS(=O)(=O)c2ccccc2)c2ccccc2)cc1. The molecule has 1 unspecified atom stereocenters. The van der Waals surface area contributed by atoms with Crippen molar-refractivity contribution < 1.29 is 17.9 Å². The first-order valence-corrected chi connectivity index (χ1v) is 11.6. The van der Waals surface area contributed by atoms with Crippen molar-refractivity contribution >= 4 is 15.9 Å². The third kappa shape index (κ3) is 6.41. The quantitative estimate of drug-likeness (QED) is 0.506. The van der Waals surface area contributed by atoms with E-state index in [1.54, 1.807) is 18.2 Å². The smallest absolute Gasteiger partial charge is 0.240 e. The van der Waals surface area contributed by atoms with E-state index in [1.165, 1.54) is 12.1 Å². The topological polar surface area (TPSA) is 84.5 Å². The third-order valence-electron chi connectivity index (χ3n) is 4.66. The lowest BCUT2D eigenvalue weighted by atomic mass is 9.98. The minimum atomic E-state index is -3.64. The molecule has 31 heavy (non-hydrogen) atoms. The van der Waals surface area contributed by atoms with Crippen LogP contribution in [0.3, 0.4) is 0 Å². The largest absolute Gasteiger partial charge is 0.494 e. The zero-order valence-corrected chi connectivity index (χ0v) is 18.1. The maximum absolute atomic E-state index is 12.6. The van der Waals surface area contributed by atoms with Crippen LogP contribution < -0.4 is 14.8 Å². The Morgan fingerprint density at radius 2 is 1.45 bits per heavy atom. The molecule has 3 aromatic rings. The summed E-state index contributed by atoms with van der Waals surface area (Å²) in [7, 11) is -3.64. The number of sulfonamides is 1. The Labute approximate surface area is 183 Å². The van der Waals surface area contributed by atoms with Gasteiger partial charge in [0.15, 0.2) is 0 Å². The molecule has 0 saturated heterocycles. The van der Waals surface area contributed by atoms with Crippen molar-refractivity contribution in [1.29, 1.82) is 0 Å². The molecule has 0 aromatic heterocycles. The molecule has 3 rings (SSSR count). The molecule has 162 valence electrons. The van der Waals surface area contributed by atoms with E-state index in [4.69, 9.17) is 4.74 Å². The first kappa shape index (κ1) is 22.5. The Kier molecular flexibility index (Phi) is 7.81. The van der Waals surface area contributed by atoms with Crippen molar-refractivity contribution in [2.45, 2.75) is 24.3 Å². The highest BCUT2D eigenvalue weighted by molar-refractivity contribution is 7.89. The molecule has 0 aliphatic heterocycles. The number of hydrogen-bond acceptors (Lipinski definition) is 4. The van der Waals surface area contributed by atoms with Crippen molar-refractivity contribution in [2.75, 3.05) is 13.2 Å². The lowest BCUT2D eigenvalue weighted by Crippen LogP contribution is -2.33. The Hall–Kier alpha value is -3.16. The Morgan fingerprint density at radius 3 is 2.06 bits per heavy atom. The summed E-state index contributed by atoms with van der Waals surface area (Å²) < 4.78 is 32.6. The van der Waals surface area contributed by atoms with Crippen molar-refractivity contribution in [2.24, 2.45) is 0 Å². The highest BCUT2D eigenvalue weighted by atomic mass is 32.2. The van der Waals surface area contributed by atoms with Gasteiger partial charge in [0, 0.05) is 13.0 Å². The van der Waals surface area contributed by atoms with Gasteiger partial charge in [0.1, 0.15) is 5.75 Å². The average Bonchev–Trinajstić information content (AvgIpc) is 2.79. The molecule has 0 aliphatic rings. The molecule has 0 fully saturated rings. The number of benzene rings is 3. The summed E-state index contributed by atoms with van der Waals surface area (Å²) in [6, 6.07) is 24.9. The normalized spacial score (nSPS) is 12.2. The number of rotatable bonds is 10. The van der Waals surface area contributed by atoms with Gasteiger partial charge in [-0.05, 0) is 42.3 Å². The Morgan fingerprint density at radius 1 is 0.871 bits per heavy atom. The van der Waals surface area contributed by atoms with Gasteiger partial charge in [-0.2, -0.15) is 0 Å². The lowest BCUT2D eigenvalue weighted by Gasteiger charge is -2.20. The van der Waals surface area contributed by atoms with Crippen molar-refractivity contribution in [3.63, 3.8) is 0 Å². The van der Waals surface area contributed by atoms with Crippen LogP contribution in [-0.2, 0) is 14.8 Å². The van der Waals surface area contributed by atoms with E-state index in [0.717, 1.165) is 16.9 Å². The van der Waals surface area contributed by atoms with Gasteiger partial charge >= 0.3 is 0 Å². The van der Waals surface area contributed by atoms with E-state index in [0.29, 0.717) is 6.61 Å². The van der Waals surface area contributed by atoms with Gasteiger partial charge < -0.3 is 10.1 Å². The zero-order valence-electron chi connectivity index (χ0n) is 17.3. The van der Waals surface area contributed by atoms with Gasteiger partial charge in [-0.1, -0.05) is 60.7 Å². The van der Waals surface area contributed by atoms with Crippen LogP contribution in [-0.4, -0.2) is 27.5 Å². The fraction of sp³-hybridized carbons (Fsp3) is 0.208. The molecular weight excluding hydrogens is 412 g/mol. The van der Waals surface area contributed by atoms with E-state index in [-0.39, 0.29) is 29.8 Å². The average molecular weight is 439 g/mol. The van der Waals surface area contributed by atoms with E-state index < -0.39 is 10.0 Å². The molecule has 1 amide bonds. The minimum absolute atomic E-state index is 0.00779. The molecule has 0 spiro atoms. The van der Waals surface area contributed by atoms with Crippen LogP contribution in [0.2, 0.25) is 0 Å². The van der Waals surface area contributed by atoms with Crippen LogP contribution in [0.1, 0.15) is 30.5 Å². The molecule has 0 saturated carbocycles. The summed E-state index contributed by atoms with van der Waals surface area (Å²) in [5.74, 6) is 0.512. The fourth-order valence-corrected chi connectivity index (χ4v) is 4.20. The van der Waals surface area contributed by atoms with E-state index in [2.05, 4.69) is 10.0 Å². The second-order valence-electron chi connectivity index (χ2n) is 6.87. The number of carbonyl (C=O) groups is 1. The molecule has 3 aromatic carbocycles. The number of hydrogen-bond donors (Lipinski definition) is 2. The first-order chi connectivity index (χ1) is 15.0. The van der Waals surface area contributed by atoms with Gasteiger partial charge in [0.25, 0.3) is 0 Å². The van der Waals surface area contributed by atoms with E-state index >= 15 is 0 Å². The summed E-state index contributed by atoms with van der Waals surface area (Å²) in [6.07, 6.45) is 0.0203. The Bertz CT molecular complexity index is 1070. The fourth-order valence-electron chi connectivity index (χ4n) is 3.14. The van der Waals surface area contributed by atoms with Crippen molar-refractivity contribution in [1.82, 2.24) is 10.0 Å². The number of ether oxygens (including phenoxy) is 1. The predicted octanol–water partition coefficient (Wildman–Crippen LogP) is 3.66. The van der Waals surface area contributed by atoms with Crippen LogP contribution in [0.4, 0.5) is 0 Å². The first-order valence-electron chi connectivity index (χ1n) is 10.1. The Balaban J connectivity index is 1.66. The molecule has 0 radical (unpaired) electrons. The van der Waals surface area contributed by atoms with Crippen LogP contribution in [0.25, 0.3) is 0 Å². The van der Waals surface area contributed by atoms with E-state index in [9.17, 15) is 13.2 Å². The molecule has 1 atom stereocenters. The zero-order chi connectivity index (χ0) is 22.1. The van der Waals surface area contributed by atoms with Gasteiger partial charge in [0.2, 0.25) is 15.9 Å². The van der Waals surface area contributed by atoms with Crippen LogP contribution in [0.5, 0.6) is 5.75 Å². The molecule has 0 heterocycles. The summed E-state index contributed by atoms with van der Waals surface area (Å²) in [4.78, 5) is 12.8. The summed E-state index contributed by atoms with van der Waals surface area (Å²) in [5, 5.41) is 3.01. The minimum Gasteiger partial charge on any atom is -0.494 e. The monoisotopic (exact) mass is 438 g/mol. The van der Waals surface area contributed by atoms with Crippen molar-refractivity contribution in [3.8, 4) is 5.75 Å². The lowest BCUT2D eigenvalue weighted by molar-refractivity contribution is -0.121. The molecule has 0 aliphatic carbocycles. The van der Waals surface area contributed by atoms with Crippen LogP contribution in [0.15, 0.2) is 89.8 Å². The summed E-state index contributed by atoms with van der Waals surface area (Å²) in [6.45, 7) is 2.51. The number of carbonyl (C=O) groups excluding carboxylic acids is 1. The van der Waals surface area contributed by atoms with Gasteiger partial charge in [-0.15, -0.1) is 0 Å². The van der Waals surface area contributed by atoms with Gasteiger partial charge in [-0.25, -0.2) is 13.1 Å². The molecular formula is C24H26N2O4S. The number of nitrogens with one attached hydrogen (secondary N) is 2. The van der Waals surface area contributed by atoms with Gasteiger partial charge in [0.05, 0.1) is 17.5 Å². The van der Waals surface area contributed by atoms with Gasteiger partial charge in [-0.3, -0.25) is 4.79 Å². The predicted molar refractivity (Wildman–Crippen MR) is 120 cm³/mol. The van der Waals surface area contributed by atoms with Crippen LogP contribution >= 0.6 is 0 Å². The second kappa shape index (κ2) is 10.7. The molecule has 7 heteroatoms. The van der Waals surface area contributed by atoms with Crippen LogP contribution in [0, 0.1) is 0 Å². The maximum atomic E-state index is 12.6. The number of amides is 1. The molecule has 0 bridgehead atoms. The third-order valence-corrected chi connectivity index (χ3v) is 6.14. The summed E-state index contributed by atoms with van der Waals surface area (Å²) >= 11 is 0. The molecule has 6 nitrogen and oxygen atoms in total. The van der Waals surface area contributed by atoms with Crippen molar-refractivity contribution in [3.05, 3.63) is 96.1 Å². The highest BCUT2D eigenvalue weighted by Crippen LogP contribution is 2.24. The van der Waals surface area contributed by atoms with E-state index in [1.807, 2.05) is 61.5 Å². The maximum Gasteiger partial charge on any atom is 0.240 e. The summed E-state index contributed by atoms with van der Waals surface area (Å²) in [5.41, 5.74) is 1.85.